The van der Waals surface area contributed by atoms with E-state index in [1.807, 2.05) is 12.1 Å². The second-order valence-corrected chi connectivity index (χ2v) is 4.68. The Morgan fingerprint density at radius 2 is 2.00 bits per heavy atom. The molecule has 3 rings (SSSR count). The Kier molecular flexibility index (Phi) is 2.38. The quantitative estimate of drug-likeness (QED) is 0.673. The standard InChI is InChI=1S/C10H5ClN4OS/c11-7-3-1-6(2-4-7)9-14-15-8(16)5-12-13-10(15)17-9/h1-5H. The van der Waals surface area contributed by atoms with E-state index in [-0.39, 0.29) is 5.56 Å². The molecule has 84 valence electrons. The normalized spacial score (nSPS) is 10.9. The van der Waals surface area contributed by atoms with Crippen LogP contribution in [0, 0.1) is 0 Å². The van der Waals surface area contributed by atoms with Crippen molar-refractivity contribution >= 4 is 27.9 Å². The Morgan fingerprint density at radius 3 is 2.71 bits per heavy atom. The van der Waals surface area contributed by atoms with Gasteiger partial charge < -0.3 is 0 Å². The molecule has 7 heteroatoms. The minimum absolute atomic E-state index is 0.286. The van der Waals surface area contributed by atoms with Crippen LogP contribution in [0.5, 0.6) is 0 Å². The van der Waals surface area contributed by atoms with E-state index in [2.05, 4.69) is 15.3 Å². The second kappa shape index (κ2) is 3.90. The summed E-state index contributed by atoms with van der Waals surface area (Å²) in [6, 6.07) is 7.24. The molecule has 2 heterocycles. The van der Waals surface area contributed by atoms with Gasteiger partial charge in [0.2, 0.25) is 4.96 Å². The summed E-state index contributed by atoms with van der Waals surface area (Å²) < 4.78 is 1.24. The van der Waals surface area contributed by atoms with Gasteiger partial charge in [-0.3, -0.25) is 4.79 Å². The lowest BCUT2D eigenvalue weighted by Gasteiger charge is -1.93. The molecule has 0 atom stereocenters. The highest BCUT2D eigenvalue weighted by Crippen LogP contribution is 2.24. The van der Waals surface area contributed by atoms with Crippen molar-refractivity contribution in [3.8, 4) is 10.6 Å². The van der Waals surface area contributed by atoms with E-state index in [4.69, 9.17) is 11.6 Å². The maximum atomic E-state index is 11.5. The van der Waals surface area contributed by atoms with Gasteiger partial charge >= 0.3 is 0 Å². The van der Waals surface area contributed by atoms with Crippen LogP contribution in [0.25, 0.3) is 15.5 Å². The van der Waals surface area contributed by atoms with Crippen molar-refractivity contribution < 1.29 is 0 Å². The molecule has 0 aliphatic rings. The topological polar surface area (TPSA) is 60.2 Å². The van der Waals surface area contributed by atoms with Crippen molar-refractivity contribution in [2.24, 2.45) is 0 Å². The Balaban J connectivity index is 2.21. The van der Waals surface area contributed by atoms with Crippen LogP contribution in [-0.4, -0.2) is 19.8 Å². The monoisotopic (exact) mass is 264 g/mol. The molecule has 2 aromatic heterocycles. The molecule has 0 N–H and O–H groups in total. The van der Waals surface area contributed by atoms with Gasteiger partial charge in [-0.1, -0.05) is 35.1 Å². The summed E-state index contributed by atoms with van der Waals surface area (Å²) in [6.07, 6.45) is 1.14. The maximum Gasteiger partial charge on any atom is 0.293 e. The van der Waals surface area contributed by atoms with Gasteiger partial charge in [0.1, 0.15) is 11.2 Å². The van der Waals surface area contributed by atoms with Crippen LogP contribution in [0.1, 0.15) is 0 Å². The summed E-state index contributed by atoms with van der Waals surface area (Å²) in [7, 11) is 0. The smallest absolute Gasteiger partial charge is 0.265 e. The van der Waals surface area contributed by atoms with Crippen molar-refractivity contribution in [3.05, 3.63) is 45.8 Å². The highest BCUT2D eigenvalue weighted by molar-refractivity contribution is 7.19. The number of benzene rings is 1. The largest absolute Gasteiger partial charge is 0.293 e. The van der Waals surface area contributed by atoms with E-state index < -0.39 is 0 Å². The zero-order valence-corrected chi connectivity index (χ0v) is 9.94. The average Bonchev–Trinajstić information content (AvgIpc) is 2.75. The molecule has 0 saturated carbocycles. The summed E-state index contributed by atoms with van der Waals surface area (Å²) in [4.78, 5) is 11.9. The average molecular weight is 265 g/mol. The molecule has 0 bridgehead atoms. The lowest BCUT2D eigenvalue weighted by molar-refractivity contribution is 0.856. The number of hydrogen-bond acceptors (Lipinski definition) is 5. The van der Waals surface area contributed by atoms with Crippen molar-refractivity contribution in [1.29, 1.82) is 0 Å². The lowest BCUT2D eigenvalue weighted by atomic mass is 10.2. The Bertz CT molecular complexity index is 734. The van der Waals surface area contributed by atoms with Gasteiger partial charge in [0.15, 0.2) is 0 Å². The highest BCUT2D eigenvalue weighted by Gasteiger charge is 2.08. The first-order valence-corrected chi connectivity index (χ1v) is 5.91. The number of halogens is 1. The van der Waals surface area contributed by atoms with E-state index in [9.17, 15) is 4.79 Å². The predicted molar refractivity (Wildman–Crippen MR) is 65.4 cm³/mol. The first-order chi connectivity index (χ1) is 8.24. The first kappa shape index (κ1) is 10.4. The van der Waals surface area contributed by atoms with E-state index in [0.717, 1.165) is 11.8 Å². The van der Waals surface area contributed by atoms with E-state index in [1.54, 1.807) is 12.1 Å². The zero-order valence-electron chi connectivity index (χ0n) is 8.37. The van der Waals surface area contributed by atoms with Crippen molar-refractivity contribution in [3.63, 3.8) is 0 Å². The van der Waals surface area contributed by atoms with Crippen LogP contribution in [0.3, 0.4) is 0 Å². The molecule has 0 aliphatic carbocycles. The second-order valence-electron chi connectivity index (χ2n) is 3.29. The summed E-state index contributed by atoms with van der Waals surface area (Å²) in [5.74, 6) is 0. The molecule has 0 unspecified atom stereocenters. The number of hydrogen-bond donors (Lipinski definition) is 0. The van der Waals surface area contributed by atoms with Gasteiger partial charge in [0.25, 0.3) is 5.56 Å². The SMILES string of the molecule is O=c1cnnc2sc(-c3ccc(Cl)cc3)nn12. The predicted octanol–water partition coefficient (Wildman–Crippen LogP) is 1.87. The zero-order chi connectivity index (χ0) is 11.8. The minimum atomic E-state index is -0.286. The number of fused-ring (bicyclic) bond motifs is 1. The molecule has 0 amide bonds. The number of nitrogens with zero attached hydrogens (tertiary/aromatic N) is 4. The molecule has 0 fully saturated rings. The maximum absolute atomic E-state index is 11.5. The van der Waals surface area contributed by atoms with Crippen molar-refractivity contribution in [1.82, 2.24) is 19.8 Å². The Hall–Kier alpha value is -1.79. The molecule has 0 saturated heterocycles. The van der Waals surface area contributed by atoms with Crippen LogP contribution in [0.4, 0.5) is 0 Å². The third-order valence-corrected chi connectivity index (χ3v) is 3.37. The van der Waals surface area contributed by atoms with Crippen LogP contribution < -0.4 is 5.56 Å². The third kappa shape index (κ3) is 1.81. The van der Waals surface area contributed by atoms with Gasteiger partial charge in [-0.15, -0.1) is 5.10 Å². The molecule has 0 spiro atoms. The molecule has 3 aromatic rings. The Morgan fingerprint density at radius 1 is 1.24 bits per heavy atom. The number of aromatic nitrogens is 4. The van der Waals surface area contributed by atoms with Crippen LogP contribution in [-0.2, 0) is 0 Å². The number of rotatable bonds is 1. The third-order valence-electron chi connectivity index (χ3n) is 2.17. The lowest BCUT2D eigenvalue weighted by Crippen LogP contribution is -2.14. The molecule has 0 radical (unpaired) electrons. The fourth-order valence-electron chi connectivity index (χ4n) is 1.38. The first-order valence-electron chi connectivity index (χ1n) is 4.71. The summed E-state index contributed by atoms with van der Waals surface area (Å²) in [6.45, 7) is 0. The van der Waals surface area contributed by atoms with Crippen molar-refractivity contribution in [2.75, 3.05) is 0 Å². The summed E-state index contributed by atoms with van der Waals surface area (Å²) in [5, 5.41) is 13.0. The highest BCUT2D eigenvalue weighted by atomic mass is 35.5. The van der Waals surface area contributed by atoms with Gasteiger partial charge in [-0.2, -0.15) is 14.7 Å². The van der Waals surface area contributed by atoms with Gasteiger partial charge in [-0.25, -0.2) is 0 Å². The van der Waals surface area contributed by atoms with Gasteiger partial charge in [0, 0.05) is 10.6 Å². The molecular formula is C10H5ClN4OS. The minimum Gasteiger partial charge on any atom is -0.265 e. The van der Waals surface area contributed by atoms with Gasteiger partial charge in [0.05, 0.1) is 0 Å². The Labute approximate surface area is 104 Å². The van der Waals surface area contributed by atoms with Crippen molar-refractivity contribution in [2.45, 2.75) is 0 Å². The van der Waals surface area contributed by atoms with E-state index in [0.29, 0.717) is 15.0 Å². The fourth-order valence-corrected chi connectivity index (χ4v) is 2.36. The molecule has 1 aromatic carbocycles. The van der Waals surface area contributed by atoms with E-state index in [1.165, 1.54) is 15.9 Å². The van der Waals surface area contributed by atoms with Crippen LogP contribution >= 0.6 is 22.9 Å². The van der Waals surface area contributed by atoms with Crippen LogP contribution in [0.2, 0.25) is 5.02 Å². The summed E-state index contributed by atoms with van der Waals surface area (Å²) >= 11 is 7.11. The molecule has 0 aliphatic heterocycles. The molecular weight excluding hydrogens is 260 g/mol. The van der Waals surface area contributed by atoms with Crippen LogP contribution in [0.15, 0.2) is 35.3 Å². The van der Waals surface area contributed by atoms with Gasteiger partial charge in [-0.05, 0) is 12.1 Å². The fraction of sp³-hybridized carbons (Fsp3) is 0. The van der Waals surface area contributed by atoms with E-state index >= 15 is 0 Å². The molecule has 5 nitrogen and oxygen atoms in total. The summed E-state index contributed by atoms with van der Waals surface area (Å²) in [5.41, 5.74) is 0.607. The molecule has 17 heavy (non-hydrogen) atoms.